The van der Waals surface area contributed by atoms with Crippen molar-refractivity contribution in [3.8, 4) is 0 Å². The highest BCUT2D eigenvalue weighted by atomic mass is 35.5. The predicted octanol–water partition coefficient (Wildman–Crippen LogP) is 4.09. The van der Waals surface area contributed by atoms with Gasteiger partial charge in [-0.05, 0) is 49.7 Å². The monoisotopic (exact) mass is 302 g/mol. The highest BCUT2D eigenvalue weighted by molar-refractivity contribution is 6.31. The molecule has 0 heterocycles. The van der Waals surface area contributed by atoms with Crippen LogP contribution in [-0.4, -0.2) is 11.9 Å². The van der Waals surface area contributed by atoms with Crippen molar-refractivity contribution in [3.63, 3.8) is 0 Å². The maximum absolute atomic E-state index is 11.8. The number of anilines is 1. The van der Waals surface area contributed by atoms with E-state index in [9.17, 15) is 4.79 Å². The molecular formula is C17H19ClN2O. The van der Waals surface area contributed by atoms with Gasteiger partial charge < -0.3 is 10.6 Å². The minimum Gasteiger partial charge on any atom is -0.381 e. The summed E-state index contributed by atoms with van der Waals surface area (Å²) in [5.74, 6) is -0.0531. The Labute approximate surface area is 130 Å². The number of halogens is 1. The van der Waals surface area contributed by atoms with Crippen LogP contribution in [0.25, 0.3) is 0 Å². The molecule has 2 aromatic rings. The van der Waals surface area contributed by atoms with Gasteiger partial charge in [-0.2, -0.15) is 0 Å². The number of rotatable bonds is 5. The lowest BCUT2D eigenvalue weighted by atomic mass is 10.1. The second-order valence-electron chi connectivity index (χ2n) is 5.15. The zero-order valence-corrected chi connectivity index (χ0v) is 12.9. The fourth-order valence-corrected chi connectivity index (χ4v) is 2.13. The molecule has 0 atom stereocenters. The zero-order valence-electron chi connectivity index (χ0n) is 12.2. The molecule has 0 aliphatic rings. The number of benzene rings is 2. The van der Waals surface area contributed by atoms with Gasteiger partial charge in [-0.25, -0.2) is 0 Å². The lowest BCUT2D eigenvalue weighted by Gasteiger charge is -2.10. The summed E-state index contributed by atoms with van der Waals surface area (Å²) in [7, 11) is 0. The molecular weight excluding hydrogens is 284 g/mol. The average Bonchev–Trinajstić information content (AvgIpc) is 2.46. The van der Waals surface area contributed by atoms with Gasteiger partial charge >= 0.3 is 0 Å². The van der Waals surface area contributed by atoms with Crippen LogP contribution in [0.3, 0.4) is 0 Å². The third-order valence-corrected chi connectivity index (χ3v) is 3.38. The van der Waals surface area contributed by atoms with E-state index < -0.39 is 0 Å². The summed E-state index contributed by atoms with van der Waals surface area (Å²) in [6, 6.07) is 15.3. The molecule has 0 aromatic heterocycles. The molecule has 4 heteroatoms. The van der Waals surface area contributed by atoms with E-state index in [0.717, 1.165) is 16.3 Å². The number of carbonyl (C=O) groups is 1. The van der Waals surface area contributed by atoms with Gasteiger partial charge in [-0.15, -0.1) is 0 Å². The van der Waals surface area contributed by atoms with E-state index in [1.807, 2.05) is 62.4 Å². The van der Waals surface area contributed by atoms with Gasteiger partial charge in [0.2, 0.25) is 0 Å². The molecule has 0 bridgehead atoms. The first-order chi connectivity index (χ1) is 10.1. The molecule has 2 rings (SSSR count). The molecule has 2 N–H and O–H groups in total. The van der Waals surface area contributed by atoms with Crippen molar-refractivity contribution < 1.29 is 4.79 Å². The highest BCUT2D eigenvalue weighted by Crippen LogP contribution is 2.17. The lowest BCUT2D eigenvalue weighted by Crippen LogP contribution is -2.29. The van der Waals surface area contributed by atoms with E-state index in [1.165, 1.54) is 0 Å². The summed E-state index contributed by atoms with van der Waals surface area (Å²) in [5.41, 5.74) is 2.66. The van der Waals surface area contributed by atoms with Crippen molar-refractivity contribution in [1.82, 2.24) is 5.32 Å². The first kappa shape index (κ1) is 15.4. The number of hydrogen-bond donors (Lipinski definition) is 2. The molecule has 21 heavy (non-hydrogen) atoms. The first-order valence-corrected chi connectivity index (χ1v) is 7.32. The standard InChI is InChI=1S/C17H19ClN2O/c1-12(2)20-17(21)13-7-9-15(10-8-13)19-11-14-5-3-4-6-16(14)18/h3-10,12,19H,11H2,1-2H3,(H,20,21). The summed E-state index contributed by atoms with van der Waals surface area (Å²) in [5, 5.41) is 6.91. The topological polar surface area (TPSA) is 41.1 Å². The summed E-state index contributed by atoms with van der Waals surface area (Å²) in [4.78, 5) is 11.8. The molecule has 0 radical (unpaired) electrons. The Kier molecular flexibility index (Phi) is 5.23. The van der Waals surface area contributed by atoms with Gasteiger partial charge in [-0.1, -0.05) is 29.8 Å². The maximum atomic E-state index is 11.8. The smallest absolute Gasteiger partial charge is 0.251 e. The third-order valence-electron chi connectivity index (χ3n) is 3.01. The molecule has 0 aliphatic carbocycles. The molecule has 0 saturated heterocycles. The molecule has 0 saturated carbocycles. The van der Waals surface area contributed by atoms with Crippen molar-refractivity contribution >= 4 is 23.2 Å². The molecule has 0 unspecified atom stereocenters. The Morgan fingerprint density at radius 1 is 1.10 bits per heavy atom. The van der Waals surface area contributed by atoms with E-state index in [2.05, 4.69) is 10.6 Å². The molecule has 3 nitrogen and oxygen atoms in total. The SMILES string of the molecule is CC(C)NC(=O)c1ccc(NCc2ccccc2Cl)cc1. The predicted molar refractivity (Wildman–Crippen MR) is 87.8 cm³/mol. The van der Waals surface area contributed by atoms with E-state index in [-0.39, 0.29) is 11.9 Å². The minimum absolute atomic E-state index is 0.0531. The van der Waals surface area contributed by atoms with Gasteiger partial charge in [-0.3, -0.25) is 4.79 Å². The van der Waals surface area contributed by atoms with Crippen LogP contribution in [0.15, 0.2) is 48.5 Å². The van der Waals surface area contributed by atoms with Crippen LogP contribution in [0.2, 0.25) is 5.02 Å². The maximum Gasteiger partial charge on any atom is 0.251 e. The average molecular weight is 303 g/mol. The van der Waals surface area contributed by atoms with Crippen LogP contribution < -0.4 is 10.6 Å². The molecule has 110 valence electrons. The molecule has 0 fully saturated rings. The Morgan fingerprint density at radius 2 is 1.76 bits per heavy atom. The molecule has 0 spiro atoms. The van der Waals surface area contributed by atoms with Crippen molar-refractivity contribution in [2.45, 2.75) is 26.4 Å². The number of amides is 1. The minimum atomic E-state index is -0.0531. The van der Waals surface area contributed by atoms with Crippen LogP contribution in [0.4, 0.5) is 5.69 Å². The Morgan fingerprint density at radius 3 is 2.38 bits per heavy atom. The van der Waals surface area contributed by atoms with Crippen LogP contribution in [0, 0.1) is 0 Å². The largest absolute Gasteiger partial charge is 0.381 e. The van der Waals surface area contributed by atoms with Crippen molar-refractivity contribution in [2.24, 2.45) is 0 Å². The van der Waals surface area contributed by atoms with Crippen molar-refractivity contribution in [3.05, 3.63) is 64.7 Å². The van der Waals surface area contributed by atoms with Crippen LogP contribution in [-0.2, 0) is 6.54 Å². The highest BCUT2D eigenvalue weighted by Gasteiger charge is 2.06. The molecule has 0 aliphatic heterocycles. The van der Waals surface area contributed by atoms with E-state index in [0.29, 0.717) is 12.1 Å². The van der Waals surface area contributed by atoms with Gasteiger partial charge in [0.15, 0.2) is 0 Å². The summed E-state index contributed by atoms with van der Waals surface area (Å²) in [6.45, 7) is 4.53. The van der Waals surface area contributed by atoms with Gasteiger partial charge in [0.25, 0.3) is 5.91 Å². The van der Waals surface area contributed by atoms with Gasteiger partial charge in [0.1, 0.15) is 0 Å². The quantitative estimate of drug-likeness (QED) is 0.873. The third kappa shape index (κ3) is 4.50. The summed E-state index contributed by atoms with van der Waals surface area (Å²) in [6.07, 6.45) is 0. The normalized spacial score (nSPS) is 10.5. The van der Waals surface area contributed by atoms with Crippen LogP contribution in [0.5, 0.6) is 0 Å². The number of nitrogens with one attached hydrogen (secondary N) is 2. The summed E-state index contributed by atoms with van der Waals surface area (Å²) < 4.78 is 0. The Hall–Kier alpha value is -2.00. The lowest BCUT2D eigenvalue weighted by molar-refractivity contribution is 0.0943. The second-order valence-corrected chi connectivity index (χ2v) is 5.56. The van der Waals surface area contributed by atoms with E-state index in [4.69, 9.17) is 11.6 Å². The molecule has 2 aromatic carbocycles. The second kappa shape index (κ2) is 7.14. The first-order valence-electron chi connectivity index (χ1n) is 6.94. The fourth-order valence-electron chi connectivity index (χ4n) is 1.92. The zero-order chi connectivity index (χ0) is 15.2. The molecule has 1 amide bonds. The van der Waals surface area contributed by atoms with Gasteiger partial charge in [0, 0.05) is 28.9 Å². The summed E-state index contributed by atoms with van der Waals surface area (Å²) >= 11 is 6.11. The van der Waals surface area contributed by atoms with E-state index in [1.54, 1.807) is 0 Å². The van der Waals surface area contributed by atoms with Crippen LogP contribution in [0.1, 0.15) is 29.8 Å². The fraction of sp³-hybridized carbons (Fsp3) is 0.235. The van der Waals surface area contributed by atoms with Crippen molar-refractivity contribution in [2.75, 3.05) is 5.32 Å². The van der Waals surface area contributed by atoms with E-state index >= 15 is 0 Å². The van der Waals surface area contributed by atoms with Crippen LogP contribution >= 0.6 is 11.6 Å². The number of hydrogen-bond acceptors (Lipinski definition) is 2. The number of carbonyl (C=O) groups excluding carboxylic acids is 1. The Balaban J connectivity index is 1.97. The van der Waals surface area contributed by atoms with Gasteiger partial charge in [0.05, 0.1) is 0 Å². The Bertz CT molecular complexity index is 608. The van der Waals surface area contributed by atoms with Crippen molar-refractivity contribution in [1.29, 1.82) is 0 Å².